The van der Waals surface area contributed by atoms with Gasteiger partial charge >= 0.3 is 0 Å². The average molecular weight is 623 g/mol. The zero-order valence-electron chi connectivity index (χ0n) is 18.9. The van der Waals surface area contributed by atoms with Crippen LogP contribution in [0.4, 0.5) is 0 Å². The van der Waals surface area contributed by atoms with Crippen LogP contribution in [0.3, 0.4) is 0 Å². The van der Waals surface area contributed by atoms with Crippen LogP contribution in [0, 0.1) is 14.9 Å². The van der Waals surface area contributed by atoms with Crippen molar-refractivity contribution in [3.63, 3.8) is 0 Å². The Kier molecular flexibility index (Phi) is 9.66. The summed E-state index contributed by atoms with van der Waals surface area (Å²) in [6.45, 7) is 0.521. The van der Waals surface area contributed by atoms with Gasteiger partial charge in [-0.3, -0.25) is 4.79 Å². The molecule has 9 heteroatoms. The Morgan fingerprint density at radius 2 is 1.83 bits per heavy atom. The molecular weight excluding hydrogens is 602 g/mol. The smallest absolute Gasteiger partial charge is 0.262 e. The van der Waals surface area contributed by atoms with Crippen LogP contribution in [-0.4, -0.2) is 20.1 Å². The fraction of sp³-hybridized carbons (Fsp3) is 0.154. The van der Waals surface area contributed by atoms with Gasteiger partial charge < -0.3 is 19.5 Å². The summed E-state index contributed by atoms with van der Waals surface area (Å²) < 4.78 is 17.2. The molecule has 0 saturated heterocycles. The first-order chi connectivity index (χ1) is 16.8. The number of benzene rings is 3. The summed E-state index contributed by atoms with van der Waals surface area (Å²) in [5.41, 5.74) is 2.33. The van der Waals surface area contributed by atoms with Gasteiger partial charge in [0.05, 0.1) is 27.8 Å². The van der Waals surface area contributed by atoms with E-state index in [-0.39, 0.29) is 12.1 Å². The molecule has 0 heterocycles. The van der Waals surface area contributed by atoms with Gasteiger partial charge in [-0.25, -0.2) is 0 Å². The average Bonchev–Trinajstić information content (AvgIpc) is 2.87. The molecule has 0 aliphatic rings. The van der Waals surface area contributed by atoms with Crippen molar-refractivity contribution in [3.05, 3.63) is 90.5 Å². The quantitative estimate of drug-likeness (QED) is 0.169. The SMILES string of the molecule is COc1ccc(CNC(=O)/C(C#N)=C/c2ccc(OCc3ccc(Cl)c(Cl)c3)c(I)c2)c(OC)c1. The number of nitrogens with zero attached hydrogens (tertiary/aromatic N) is 1. The van der Waals surface area contributed by atoms with Crippen LogP contribution >= 0.6 is 45.8 Å². The van der Waals surface area contributed by atoms with Crippen LogP contribution in [0.15, 0.2) is 60.2 Å². The molecule has 0 spiro atoms. The Labute approximate surface area is 227 Å². The number of hydrogen-bond donors (Lipinski definition) is 1. The van der Waals surface area contributed by atoms with Crippen molar-refractivity contribution in [1.29, 1.82) is 5.26 Å². The fourth-order valence-electron chi connectivity index (χ4n) is 3.10. The number of halogens is 3. The maximum Gasteiger partial charge on any atom is 0.262 e. The highest BCUT2D eigenvalue weighted by atomic mass is 127. The van der Waals surface area contributed by atoms with Crippen molar-refractivity contribution >= 4 is 57.8 Å². The van der Waals surface area contributed by atoms with E-state index in [0.717, 1.165) is 14.7 Å². The summed E-state index contributed by atoms with van der Waals surface area (Å²) in [4.78, 5) is 12.6. The lowest BCUT2D eigenvalue weighted by molar-refractivity contribution is -0.117. The first kappa shape index (κ1) is 26.7. The molecule has 0 radical (unpaired) electrons. The van der Waals surface area contributed by atoms with E-state index in [9.17, 15) is 10.1 Å². The van der Waals surface area contributed by atoms with Crippen molar-refractivity contribution in [3.8, 4) is 23.3 Å². The molecule has 0 unspecified atom stereocenters. The van der Waals surface area contributed by atoms with Crippen LogP contribution in [0.5, 0.6) is 17.2 Å². The summed E-state index contributed by atoms with van der Waals surface area (Å²) >= 11 is 14.2. The lowest BCUT2D eigenvalue weighted by atomic mass is 10.1. The highest BCUT2D eigenvalue weighted by Gasteiger charge is 2.12. The lowest BCUT2D eigenvalue weighted by Gasteiger charge is -2.11. The first-order valence-corrected chi connectivity index (χ1v) is 12.1. The highest BCUT2D eigenvalue weighted by molar-refractivity contribution is 14.1. The Morgan fingerprint density at radius 3 is 2.49 bits per heavy atom. The number of nitrogens with one attached hydrogen (secondary N) is 1. The van der Waals surface area contributed by atoms with Crippen molar-refractivity contribution in [2.75, 3.05) is 14.2 Å². The second-order valence-corrected chi connectivity index (χ2v) is 9.23. The zero-order chi connectivity index (χ0) is 25.4. The summed E-state index contributed by atoms with van der Waals surface area (Å²) in [5.74, 6) is 1.41. The molecule has 6 nitrogen and oxygen atoms in total. The number of rotatable bonds is 9. The van der Waals surface area contributed by atoms with Crippen LogP contribution in [0.25, 0.3) is 6.08 Å². The summed E-state index contributed by atoms with van der Waals surface area (Å²) in [6.07, 6.45) is 1.53. The maximum atomic E-state index is 12.6. The maximum absolute atomic E-state index is 12.6. The first-order valence-electron chi connectivity index (χ1n) is 10.3. The second-order valence-electron chi connectivity index (χ2n) is 7.26. The van der Waals surface area contributed by atoms with Crippen LogP contribution < -0.4 is 19.5 Å². The third-order valence-corrected chi connectivity index (χ3v) is 6.53. The molecule has 0 aromatic heterocycles. The molecule has 0 atom stereocenters. The van der Waals surface area contributed by atoms with Gasteiger partial charge in [-0.2, -0.15) is 5.26 Å². The minimum atomic E-state index is -0.486. The molecule has 1 amide bonds. The third kappa shape index (κ3) is 7.28. The van der Waals surface area contributed by atoms with Gasteiger partial charge in [0.2, 0.25) is 0 Å². The normalized spacial score (nSPS) is 10.9. The molecule has 3 rings (SSSR count). The van der Waals surface area contributed by atoms with Crippen LogP contribution in [0.2, 0.25) is 10.0 Å². The van der Waals surface area contributed by atoms with E-state index in [1.54, 1.807) is 56.7 Å². The number of amides is 1. The standard InChI is InChI=1S/C26H21Cl2IN2O4/c1-33-20-6-5-18(25(12-20)34-2)14-31-26(32)19(13-30)9-16-4-8-24(23(29)11-16)35-15-17-3-7-21(27)22(28)10-17/h3-12H,14-15H2,1-2H3,(H,31,32)/b19-9+. The number of carbonyl (C=O) groups excluding carboxylic acids is 1. The van der Waals surface area contributed by atoms with E-state index in [1.165, 1.54) is 6.08 Å². The van der Waals surface area contributed by atoms with E-state index < -0.39 is 5.91 Å². The number of nitriles is 1. The number of carbonyl (C=O) groups is 1. The summed E-state index contributed by atoms with van der Waals surface area (Å²) in [6, 6.07) is 18.0. The van der Waals surface area contributed by atoms with Crippen molar-refractivity contribution in [2.45, 2.75) is 13.2 Å². The fourth-order valence-corrected chi connectivity index (χ4v) is 4.11. The second kappa shape index (κ2) is 12.7. The number of hydrogen-bond acceptors (Lipinski definition) is 5. The van der Waals surface area contributed by atoms with E-state index >= 15 is 0 Å². The predicted molar refractivity (Wildman–Crippen MR) is 145 cm³/mol. The molecule has 1 N–H and O–H groups in total. The number of ether oxygens (including phenoxy) is 3. The monoisotopic (exact) mass is 622 g/mol. The minimum Gasteiger partial charge on any atom is -0.497 e. The molecule has 3 aromatic rings. The van der Waals surface area contributed by atoms with Crippen molar-refractivity contribution in [1.82, 2.24) is 5.32 Å². The van der Waals surface area contributed by atoms with Gasteiger partial charge in [0.15, 0.2) is 0 Å². The highest BCUT2D eigenvalue weighted by Crippen LogP contribution is 2.27. The Balaban J connectivity index is 1.66. The van der Waals surface area contributed by atoms with Gasteiger partial charge in [0, 0.05) is 18.2 Å². The Hall–Kier alpha value is -2.93. The van der Waals surface area contributed by atoms with E-state index in [0.29, 0.717) is 39.5 Å². The molecular formula is C26H21Cl2IN2O4. The zero-order valence-corrected chi connectivity index (χ0v) is 22.6. The van der Waals surface area contributed by atoms with Gasteiger partial charge in [0.25, 0.3) is 5.91 Å². The molecule has 3 aromatic carbocycles. The van der Waals surface area contributed by atoms with Gasteiger partial charge in [-0.15, -0.1) is 0 Å². The predicted octanol–water partition coefficient (Wildman–Crippen LogP) is 6.42. The molecule has 35 heavy (non-hydrogen) atoms. The van der Waals surface area contributed by atoms with Crippen LogP contribution in [-0.2, 0) is 17.9 Å². The number of methoxy groups -OCH3 is 2. The largest absolute Gasteiger partial charge is 0.497 e. The van der Waals surface area contributed by atoms with E-state index in [1.807, 2.05) is 18.2 Å². The molecule has 0 aliphatic carbocycles. The van der Waals surface area contributed by atoms with Crippen LogP contribution in [0.1, 0.15) is 16.7 Å². The summed E-state index contributed by atoms with van der Waals surface area (Å²) in [5, 5.41) is 13.2. The van der Waals surface area contributed by atoms with Gasteiger partial charge in [-0.1, -0.05) is 35.3 Å². The van der Waals surface area contributed by atoms with Crippen molar-refractivity contribution < 1.29 is 19.0 Å². The topological polar surface area (TPSA) is 80.6 Å². The third-order valence-electron chi connectivity index (χ3n) is 4.94. The molecule has 0 fully saturated rings. The van der Waals surface area contributed by atoms with Gasteiger partial charge in [0.1, 0.15) is 35.5 Å². The molecule has 0 bridgehead atoms. The van der Waals surface area contributed by atoms with E-state index in [4.69, 9.17) is 37.4 Å². The Bertz CT molecular complexity index is 1300. The minimum absolute atomic E-state index is 0.0160. The van der Waals surface area contributed by atoms with Crippen molar-refractivity contribution in [2.24, 2.45) is 0 Å². The molecule has 0 aliphatic heterocycles. The Morgan fingerprint density at radius 1 is 1.03 bits per heavy atom. The van der Waals surface area contributed by atoms with Gasteiger partial charge in [-0.05, 0) is 76.2 Å². The molecule has 0 saturated carbocycles. The lowest BCUT2D eigenvalue weighted by Crippen LogP contribution is -2.24. The summed E-state index contributed by atoms with van der Waals surface area (Å²) in [7, 11) is 3.11. The molecule has 180 valence electrons. The van der Waals surface area contributed by atoms with E-state index in [2.05, 4.69) is 27.9 Å².